The standard InChI is InChI=1S/C20H22O4/c1-14(15-10-6-4-7-11-15)17(16-12-8-5-9-13-16)18(19(21)23-2)20(22)24-3/h4-14,17-18H,1-3H3/t14-,17+/m0/s1. The van der Waals surface area contributed by atoms with E-state index in [9.17, 15) is 9.59 Å². The van der Waals surface area contributed by atoms with Gasteiger partial charge in [0.1, 0.15) is 0 Å². The molecule has 2 atom stereocenters. The fraction of sp³-hybridized carbons (Fsp3) is 0.300. The first-order valence-corrected chi connectivity index (χ1v) is 7.85. The van der Waals surface area contributed by atoms with Crippen LogP contribution >= 0.6 is 0 Å². The number of ether oxygens (including phenoxy) is 2. The molecule has 0 spiro atoms. The van der Waals surface area contributed by atoms with Crippen molar-refractivity contribution in [1.29, 1.82) is 0 Å². The minimum atomic E-state index is -1.02. The Morgan fingerprint density at radius 3 is 1.58 bits per heavy atom. The van der Waals surface area contributed by atoms with Crippen LogP contribution in [0.4, 0.5) is 0 Å². The normalized spacial score (nSPS) is 13.2. The minimum Gasteiger partial charge on any atom is -0.468 e. The van der Waals surface area contributed by atoms with Crippen LogP contribution in [0.15, 0.2) is 60.7 Å². The van der Waals surface area contributed by atoms with Gasteiger partial charge < -0.3 is 9.47 Å². The van der Waals surface area contributed by atoms with Crippen LogP contribution in [0.2, 0.25) is 0 Å². The van der Waals surface area contributed by atoms with Crippen LogP contribution < -0.4 is 0 Å². The van der Waals surface area contributed by atoms with E-state index in [1.807, 2.05) is 67.6 Å². The van der Waals surface area contributed by atoms with Crippen LogP contribution in [0.1, 0.15) is 29.9 Å². The third-order valence-corrected chi connectivity index (χ3v) is 4.32. The van der Waals surface area contributed by atoms with Gasteiger partial charge in [-0.1, -0.05) is 67.6 Å². The number of benzene rings is 2. The summed E-state index contributed by atoms with van der Waals surface area (Å²) in [5.74, 6) is -2.64. The molecule has 0 aliphatic rings. The van der Waals surface area contributed by atoms with E-state index in [1.165, 1.54) is 14.2 Å². The maximum atomic E-state index is 12.3. The molecule has 2 aromatic rings. The Kier molecular flexibility index (Phi) is 6.13. The van der Waals surface area contributed by atoms with Gasteiger partial charge in [-0.05, 0) is 17.0 Å². The molecule has 0 aliphatic carbocycles. The molecule has 126 valence electrons. The summed E-state index contributed by atoms with van der Waals surface area (Å²) in [6, 6.07) is 19.3. The van der Waals surface area contributed by atoms with E-state index >= 15 is 0 Å². The molecule has 0 amide bonds. The van der Waals surface area contributed by atoms with E-state index in [0.29, 0.717) is 0 Å². The third-order valence-electron chi connectivity index (χ3n) is 4.32. The molecule has 24 heavy (non-hydrogen) atoms. The van der Waals surface area contributed by atoms with Gasteiger partial charge in [0.2, 0.25) is 0 Å². The largest absolute Gasteiger partial charge is 0.468 e. The molecule has 2 aromatic carbocycles. The Bertz CT molecular complexity index is 651. The molecule has 0 heterocycles. The van der Waals surface area contributed by atoms with Crippen LogP contribution in [-0.2, 0) is 19.1 Å². The number of hydrogen-bond acceptors (Lipinski definition) is 4. The summed E-state index contributed by atoms with van der Waals surface area (Å²) in [6.45, 7) is 2.01. The van der Waals surface area contributed by atoms with E-state index < -0.39 is 17.9 Å². The van der Waals surface area contributed by atoms with Crippen molar-refractivity contribution in [1.82, 2.24) is 0 Å². The zero-order chi connectivity index (χ0) is 17.5. The molecule has 0 radical (unpaired) electrons. The summed E-state index contributed by atoms with van der Waals surface area (Å²) in [4.78, 5) is 24.7. The molecule has 0 saturated heterocycles. The van der Waals surface area contributed by atoms with Gasteiger partial charge in [0.25, 0.3) is 0 Å². The highest BCUT2D eigenvalue weighted by Crippen LogP contribution is 2.39. The van der Waals surface area contributed by atoms with E-state index in [-0.39, 0.29) is 11.8 Å². The molecule has 0 saturated carbocycles. The maximum Gasteiger partial charge on any atom is 0.320 e. The van der Waals surface area contributed by atoms with Gasteiger partial charge in [-0.25, -0.2) is 0 Å². The van der Waals surface area contributed by atoms with Gasteiger partial charge in [-0.2, -0.15) is 0 Å². The number of carbonyl (C=O) groups excluding carboxylic acids is 2. The zero-order valence-corrected chi connectivity index (χ0v) is 14.1. The second-order valence-electron chi connectivity index (χ2n) is 5.66. The van der Waals surface area contributed by atoms with Crippen molar-refractivity contribution in [3.05, 3.63) is 71.8 Å². The van der Waals surface area contributed by atoms with Crippen molar-refractivity contribution < 1.29 is 19.1 Å². The van der Waals surface area contributed by atoms with E-state index in [0.717, 1.165) is 11.1 Å². The Labute approximate surface area is 142 Å². The van der Waals surface area contributed by atoms with E-state index in [1.54, 1.807) is 0 Å². The predicted molar refractivity (Wildman–Crippen MR) is 91.6 cm³/mol. The smallest absolute Gasteiger partial charge is 0.320 e. The van der Waals surface area contributed by atoms with Crippen molar-refractivity contribution in [2.24, 2.45) is 5.92 Å². The van der Waals surface area contributed by atoms with E-state index in [4.69, 9.17) is 9.47 Å². The molecule has 4 nitrogen and oxygen atoms in total. The molecule has 0 bridgehead atoms. The SMILES string of the molecule is COC(=O)C(C(=O)OC)[C@@H](c1ccccc1)[C@@H](C)c1ccccc1. The highest BCUT2D eigenvalue weighted by Gasteiger charge is 2.41. The summed E-state index contributed by atoms with van der Waals surface area (Å²) in [6.07, 6.45) is 0. The molecular formula is C20H22O4. The molecule has 0 aromatic heterocycles. The van der Waals surface area contributed by atoms with E-state index in [2.05, 4.69) is 0 Å². The molecule has 0 unspecified atom stereocenters. The lowest BCUT2D eigenvalue weighted by molar-refractivity contribution is -0.160. The van der Waals surface area contributed by atoms with Crippen LogP contribution in [0, 0.1) is 5.92 Å². The van der Waals surface area contributed by atoms with Crippen molar-refractivity contribution >= 4 is 11.9 Å². The summed E-state index contributed by atoms with van der Waals surface area (Å²) < 4.78 is 9.77. The molecule has 0 fully saturated rings. The Hall–Kier alpha value is -2.62. The number of esters is 2. The summed E-state index contributed by atoms with van der Waals surface area (Å²) in [5, 5.41) is 0. The monoisotopic (exact) mass is 326 g/mol. The first-order chi connectivity index (χ1) is 11.6. The van der Waals surface area contributed by atoms with Crippen LogP contribution in [0.25, 0.3) is 0 Å². The highest BCUT2D eigenvalue weighted by atomic mass is 16.5. The molecule has 0 aliphatic heterocycles. The first kappa shape index (κ1) is 17.7. The molecule has 2 rings (SSSR count). The van der Waals surface area contributed by atoms with Crippen molar-refractivity contribution in [2.45, 2.75) is 18.8 Å². The Morgan fingerprint density at radius 1 is 0.750 bits per heavy atom. The number of hydrogen-bond donors (Lipinski definition) is 0. The lowest BCUT2D eigenvalue weighted by Crippen LogP contribution is -2.34. The van der Waals surface area contributed by atoms with Crippen molar-refractivity contribution in [3.8, 4) is 0 Å². The van der Waals surface area contributed by atoms with Gasteiger partial charge in [0, 0.05) is 5.92 Å². The van der Waals surface area contributed by atoms with Gasteiger partial charge in [0.05, 0.1) is 14.2 Å². The quantitative estimate of drug-likeness (QED) is 0.602. The second kappa shape index (κ2) is 8.29. The summed E-state index contributed by atoms with van der Waals surface area (Å²) >= 11 is 0. The Balaban J connectivity index is 2.53. The van der Waals surface area contributed by atoms with Gasteiger partial charge in [-0.15, -0.1) is 0 Å². The summed E-state index contributed by atoms with van der Waals surface area (Å²) in [7, 11) is 2.57. The van der Waals surface area contributed by atoms with Gasteiger partial charge in [-0.3, -0.25) is 9.59 Å². The minimum absolute atomic E-state index is 0.0724. The molecular weight excluding hydrogens is 304 g/mol. The number of rotatable bonds is 6. The topological polar surface area (TPSA) is 52.6 Å². The van der Waals surface area contributed by atoms with Crippen molar-refractivity contribution in [3.63, 3.8) is 0 Å². The fourth-order valence-corrected chi connectivity index (χ4v) is 3.05. The second-order valence-corrected chi connectivity index (χ2v) is 5.66. The lowest BCUT2D eigenvalue weighted by Gasteiger charge is -2.29. The third kappa shape index (κ3) is 3.82. The van der Waals surface area contributed by atoms with Crippen molar-refractivity contribution in [2.75, 3.05) is 14.2 Å². The average Bonchev–Trinajstić information content (AvgIpc) is 2.65. The highest BCUT2D eigenvalue weighted by molar-refractivity contribution is 5.96. The predicted octanol–water partition coefficient (Wildman–Crippen LogP) is 3.54. The van der Waals surface area contributed by atoms with Crippen LogP contribution in [-0.4, -0.2) is 26.2 Å². The zero-order valence-electron chi connectivity index (χ0n) is 14.1. The fourth-order valence-electron chi connectivity index (χ4n) is 3.05. The molecule has 0 N–H and O–H groups in total. The number of methoxy groups -OCH3 is 2. The average molecular weight is 326 g/mol. The Morgan fingerprint density at radius 2 is 1.17 bits per heavy atom. The number of carbonyl (C=O) groups is 2. The van der Waals surface area contributed by atoms with Crippen LogP contribution in [0.5, 0.6) is 0 Å². The first-order valence-electron chi connectivity index (χ1n) is 7.85. The lowest BCUT2D eigenvalue weighted by atomic mass is 9.74. The van der Waals surface area contributed by atoms with Gasteiger partial charge in [0.15, 0.2) is 5.92 Å². The van der Waals surface area contributed by atoms with Crippen LogP contribution in [0.3, 0.4) is 0 Å². The maximum absolute atomic E-state index is 12.3. The summed E-state index contributed by atoms with van der Waals surface area (Å²) in [5.41, 5.74) is 1.94. The molecule has 4 heteroatoms. The van der Waals surface area contributed by atoms with Gasteiger partial charge >= 0.3 is 11.9 Å².